The lowest BCUT2D eigenvalue weighted by molar-refractivity contribution is 0.750. The van der Waals surface area contributed by atoms with E-state index in [2.05, 4.69) is 49.8 Å². The Morgan fingerprint density at radius 3 is 2.50 bits per heavy atom. The molecule has 0 spiro atoms. The summed E-state index contributed by atoms with van der Waals surface area (Å²) in [6.07, 6.45) is 3.63. The highest BCUT2D eigenvalue weighted by atomic mass is 79.9. The molecule has 0 fully saturated rings. The zero-order chi connectivity index (χ0) is 13.1. The predicted molar refractivity (Wildman–Crippen MR) is 83.5 cm³/mol. The molecule has 1 heterocycles. The van der Waals surface area contributed by atoms with Gasteiger partial charge in [0.1, 0.15) is 0 Å². The van der Waals surface area contributed by atoms with Crippen LogP contribution >= 0.6 is 43.5 Å². The summed E-state index contributed by atoms with van der Waals surface area (Å²) in [7, 11) is 0. The fourth-order valence-corrected chi connectivity index (χ4v) is 3.26. The van der Waals surface area contributed by atoms with Gasteiger partial charge in [0, 0.05) is 26.7 Å². The Balaban J connectivity index is 2.31. The van der Waals surface area contributed by atoms with Crippen molar-refractivity contribution in [3.63, 3.8) is 0 Å². The second kappa shape index (κ2) is 6.18. The molecule has 2 aromatic rings. The van der Waals surface area contributed by atoms with Crippen molar-refractivity contribution in [3.8, 4) is 0 Å². The van der Waals surface area contributed by atoms with E-state index < -0.39 is 0 Å². The maximum absolute atomic E-state index is 6.26. The summed E-state index contributed by atoms with van der Waals surface area (Å²) in [5, 5.41) is 0.779. The molecule has 0 bridgehead atoms. The highest BCUT2D eigenvalue weighted by Gasteiger charge is 2.20. The Hall–Kier alpha value is -0.380. The zero-order valence-corrected chi connectivity index (χ0v) is 13.7. The van der Waals surface area contributed by atoms with Crippen LogP contribution < -0.4 is 0 Å². The highest BCUT2D eigenvalue weighted by molar-refractivity contribution is 9.10. The third-order valence-electron chi connectivity index (χ3n) is 2.93. The van der Waals surface area contributed by atoms with E-state index in [1.54, 1.807) is 0 Å². The van der Waals surface area contributed by atoms with Gasteiger partial charge in [0.2, 0.25) is 0 Å². The molecule has 2 unspecified atom stereocenters. The molecular weight excluding hydrogens is 377 g/mol. The largest absolute Gasteiger partial charge is 0.265 e. The molecule has 0 aliphatic carbocycles. The van der Waals surface area contributed by atoms with E-state index in [1.165, 1.54) is 5.56 Å². The minimum absolute atomic E-state index is 0.171. The number of rotatable bonds is 3. The van der Waals surface area contributed by atoms with Gasteiger partial charge in [0.15, 0.2) is 0 Å². The molecular formula is C14H12Br2ClN. The number of benzene rings is 1. The number of nitrogens with zero attached hydrogens (tertiary/aromatic N) is 1. The van der Waals surface area contributed by atoms with Gasteiger partial charge >= 0.3 is 0 Å². The third-order valence-corrected chi connectivity index (χ3v) is 5.05. The zero-order valence-electron chi connectivity index (χ0n) is 9.78. The predicted octanol–water partition coefficient (Wildman–Crippen LogP) is 5.74. The average Bonchev–Trinajstić information content (AvgIpc) is 2.41. The molecule has 1 aromatic carbocycles. The van der Waals surface area contributed by atoms with Crippen LogP contribution in [-0.4, -0.2) is 4.98 Å². The van der Waals surface area contributed by atoms with Crippen molar-refractivity contribution < 1.29 is 0 Å². The number of alkyl halides is 1. The van der Waals surface area contributed by atoms with E-state index in [4.69, 9.17) is 11.6 Å². The van der Waals surface area contributed by atoms with Crippen LogP contribution in [0.15, 0.2) is 47.2 Å². The molecule has 0 amide bonds. The van der Waals surface area contributed by atoms with Gasteiger partial charge < -0.3 is 0 Å². The van der Waals surface area contributed by atoms with E-state index in [0.717, 1.165) is 15.1 Å². The molecule has 0 radical (unpaired) electrons. The molecule has 0 saturated heterocycles. The number of halogens is 3. The molecule has 18 heavy (non-hydrogen) atoms. The monoisotopic (exact) mass is 387 g/mol. The number of hydrogen-bond acceptors (Lipinski definition) is 1. The van der Waals surface area contributed by atoms with Gasteiger partial charge in [-0.2, -0.15) is 0 Å². The molecule has 94 valence electrons. The molecule has 2 atom stereocenters. The average molecular weight is 390 g/mol. The summed E-state index contributed by atoms with van der Waals surface area (Å²) in [5.74, 6) is 0.319. The van der Waals surface area contributed by atoms with Crippen molar-refractivity contribution in [1.82, 2.24) is 4.98 Å². The van der Waals surface area contributed by atoms with Crippen molar-refractivity contribution >= 4 is 43.5 Å². The van der Waals surface area contributed by atoms with Crippen molar-refractivity contribution in [3.05, 3.63) is 63.3 Å². The van der Waals surface area contributed by atoms with E-state index in [9.17, 15) is 0 Å². The van der Waals surface area contributed by atoms with E-state index in [-0.39, 0.29) is 4.83 Å². The summed E-state index contributed by atoms with van der Waals surface area (Å²) < 4.78 is 1.04. The van der Waals surface area contributed by atoms with E-state index in [0.29, 0.717) is 5.92 Å². The van der Waals surface area contributed by atoms with Gasteiger partial charge in [-0.25, -0.2) is 0 Å². The molecule has 1 nitrogen and oxygen atoms in total. The van der Waals surface area contributed by atoms with Crippen LogP contribution in [0.4, 0.5) is 0 Å². The summed E-state index contributed by atoms with van der Waals surface area (Å²) >= 11 is 13.5. The van der Waals surface area contributed by atoms with Gasteiger partial charge in [0.25, 0.3) is 0 Å². The van der Waals surface area contributed by atoms with Crippen LogP contribution in [0, 0.1) is 0 Å². The fourth-order valence-electron chi connectivity index (χ4n) is 1.83. The van der Waals surface area contributed by atoms with Crippen molar-refractivity contribution in [1.29, 1.82) is 0 Å². The van der Waals surface area contributed by atoms with Gasteiger partial charge in [-0.3, -0.25) is 4.98 Å². The second-order valence-electron chi connectivity index (χ2n) is 4.14. The van der Waals surface area contributed by atoms with Crippen LogP contribution in [0.1, 0.15) is 28.8 Å². The fraction of sp³-hybridized carbons (Fsp3) is 0.214. The van der Waals surface area contributed by atoms with Crippen LogP contribution in [0.2, 0.25) is 5.02 Å². The lowest BCUT2D eigenvalue weighted by Gasteiger charge is -2.20. The molecule has 0 saturated carbocycles. The van der Waals surface area contributed by atoms with E-state index >= 15 is 0 Å². The van der Waals surface area contributed by atoms with Gasteiger partial charge in [-0.05, 0) is 47.4 Å². The molecule has 0 aliphatic heterocycles. The van der Waals surface area contributed by atoms with Crippen LogP contribution in [-0.2, 0) is 0 Å². The minimum Gasteiger partial charge on any atom is -0.265 e. The lowest BCUT2D eigenvalue weighted by Crippen LogP contribution is -2.03. The SMILES string of the molecule is CC(c1ccncc1)C(Br)c1cc(Br)ccc1Cl. The van der Waals surface area contributed by atoms with Gasteiger partial charge in [-0.15, -0.1) is 0 Å². The first-order valence-electron chi connectivity index (χ1n) is 5.58. The summed E-state index contributed by atoms with van der Waals surface area (Å²) in [6.45, 7) is 2.17. The second-order valence-corrected chi connectivity index (χ2v) is 6.45. The summed E-state index contributed by atoms with van der Waals surface area (Å²) in [6, 6.07) is 9.98. The Labute approximate surface area is 129 Å². The molecule has 2 rings (SSSR count). The Bertz CT molecular complexity index is 531. The van der Waals surface area contributed by atoms with Crippen molar-refractivity contribution in [2.75, 3.05) is 0 Å². The smallest absolute Gasteiger partial charge is 0.0476 e. The van der Waals surface area contributed by atoms with Crippen LogP contribution in [0.25, 0.3) is 0 Å². The summed E-state index contributed by atoms with van der Waals surface area (Å²) in [5.41, 5.74) is 2.33. The number of aromatic nitrogens is 1. The first-order valence-corrected chi connectivity index (χ1v) is 7.67. The molecule has 1 aromatic heterocycles. The number of pyridine rings is 1. The first-order chi connectivity index (χ1) is 8.59. The van der Waals surface area contributed by atoms with Gasteiger partial charge in [0.05, 0.1) is 0 Å². The van der Waals surface area contributed by atoms with Crippen molar-refractivity contribution in [2.24, 2.45) is 0 Å². The van der Waals surface area contributed by atoms with Crippen LogP contribution in [0.3, 0.4) is 0 Å². The normalized spacial score (nSPS) is 14.2. The lowest BCUT2D eigenvalue weighted by atomic mass is 9.94. The molecule has 0 aliphatic rings. The maximum atomic E-state index is 6.26. The quantitative estimate of drug-likeness (QED) is 0.610. The first kappa shape index (κ1) is 14.0. The standard InChI is InChI=1S/C14H12Br2ClN/c1-9(10-4-6-18-7-5-10)14(16)12-8-11(15)2-3-13(12)17/h2-9,14H,1H3. The third kappa shape index (κ3) is 3.14. The van der Waals surface area contributed by atoms with Crippen LogP contribution in [0.5, 0.6) is 0 Å². The Morgan fingerprint density at radius 2 is 1.83 bits per heavy atom. The summed E-state index contributed by atoms with van der Waals surface area (Å²) in [4.78, 5) is 4.21. The highest BCUT2D eigenvalue weighted by Crippen LogP contribution is 2.41. The maximum Gasteiger partial charge on any atom is 0.0476 e. The molecule has 4 heteroatoms. The van der Waals surface area contributed by atoms with Gasteiger partial charge in [-0.1, -0.05) is 50.4 Å². The number of hydrogen-bond donors (Lipinski definition) is 0. The van der Waals surface area contributed by atoms with Crippen molar-refractivity contribution in [2.45, 2.75) is 17.7 Å². The molecule has 0 N–H and O–H groups in total. The van der Waals surface area contributed by atoms with E-state index in [1.807, 2.05) is 36.7 Å². The Morgan fingerprint density at radius 1 is 1.17 bits per heavy atom. The minimum atomic E-state index is 0.171. The Kier molecular flexibility index (Phi) is 4.82. The topological polar surface area (TPSA) is 12.9 Å².